The molecule has 0 aromatic rings. The first kappa shape index (κ1) is 16.2. The Morgan fingerprint density at radius 3 is 2.50 bits per heavy atom. The lowest BCUT2D eigenvalue weighted by molar-refractivity contribution is 0.247. The van der Waals surface area contributed by atoms with Crippen LogP contribution in [0.4, 0.5) is 0 Å². The molecule has 0 aliphatic carbocycles. The Kier molecular flexibility index (Phi) is 4.78. The fourth-order valence-corrected chi connectivity index (χ4v) is 6.92. The van der Waals surface area contributed by atoms with Gasteiger partial charge in [0, 0.05) is 25.7 Å². The van der Waals surface area contributed by atoms with Gasteiger partial charge in [-0.15, -0.1) is 0 Å². The van der Waals surface area contributed by atoms with Crippen molar-refractivity contribution in [2.24, 2.45) is 5.92 Å². The standard InChI is InChI=1S/C12H24N2O4S2/c1-3-14(12-6-8-19(15,16)10-12)20(17,18)13-7-4-5-11(2)9-13/h11-12H,3-10H2,1-2H3/t11-,12+/m1/s1. The molecule has 2 rings (SSSR count). The number of hydrogen-bond donors (Lipinski definition) is 0. The first-order valence-corrected chi connectivity index (χ1v) is 10.5. The molecule has 0 bridgehead atoms. The largest absolute Gasteiger partial charge is 0.282 e. The summed E-state index contributed by atoms with van der Waals surface area (Å²) in [5, 5.41) is 0. The Morgan fingerprint density at radius 1 is 1.30 bits per heavy atom. The molecule has 2 aliphatic rings. The van der Waals surface area contributed by atoms with Crippen molar-refractivity contribution in [1.82, 2.24) is 8.61 Å². The van der Waals surface area contributed by atoms with Gasteiger partial charge in [0.05, 0.1) is 11.5 Å². The van der Waals surface area contributed by atoms with Crippen molar-refractivity contribution in [2.75, 3.05) is 31.1 Å². The summed E-state index contributed by atoms with van der Waals surface area (Å²) in [4.78, 5) is 0. The van der Waals surface area contributed by atoms with Gasteiger partial charge in [-0.25, -0.2) is 8.42 Å². The maximum Gasteiger partial charge on any atom is 0.282 e. The second-order valence-electron chi connectivity index (χ2n) is 5.87. The van der Waals surface area contributed by atoms with Crippen LogP contribution in [0.15, 0.2) is 0 Å². The molecule has 0 N–H and O–H groups in total. The topological polar surface area (TPSA) is 74.8 Å². The fourth-order valence-electron chi connectivity index (χ4n) is 3.12. The number of sulfone groups is 1. The van der Waals surface area contributed by atoms with E-state index in [2.05, 4.69) is 6.92 Å². The summed E-state index contributed by atoms with van der Waals surface area (Å²) in [6.45, 7) is 5.24. The van der Waals surface area contributed by atoms with Gasteiger partial charge in [-0.05, 0) is 25.2 Å². The summed E-state index contributed by atoms with van der Waals surface area (Å²) in [6, 6.07) is -0.396. The molecule has 8 heteroatoms. The normalized spacial score (nSPS) is 31.8. The predicted octanol–water partition coefficient (Wildman–Crippen LogP) is 0.472. The van der Waals surface area contributed by atoms with E-state index in [1.807, 2.05) is 0 Å². The molecule has 0 radical (unpaired) electrons. The summed E-state index contributed by atoms with van der Waals surface area (Å²) in [7, 11) is -6.62. The van der Waals surface area contributed by atoms with Gasteiger partial charge in [0.2, 0.25) is 0 Å². The van der Waals surface area contributed by atoms with Crippen molar-refractivity contribution in [3.8, 4) is 0 Å². The molecule has 2 saturated heterocycles. The van der Waals surface area contributed by atoms with E-state index in [9.17, 15) is 16.8 Å². The van der Waals surface area contributed by atoms with Crippen LogP contribution < -0.4 is 0 Å². The van der Waals surface area contributed by atoms with Crippen LogP contribution in [-0.2, 0) is 20.0 Å². The van der Waals surface area contributed by atoms with Crippen molar-refractivity contribution in [3.63, 3.8) is 0 Å². The van der Waals surface area contributed by atoms with E-state index in [4.69, 9.17) is 0 Å². The summed E-state index contributed by atoms with van der Waals surface area (Å²) >= 11 is 0. The van der Waals surface area contributed by atoms with Crippen molar-refractivity contribution in [3.05, 3.63) is 0 Å². The average Bonchev–Trinajstić information content (AvgIpc) is 2.70. The third-order valence-corrected chi connectivity index (χ3v) is 8.05. The maximum atomic E-state index is 12.7. The van der Waals surface area contributed by atoms with Crippen LogP contribution in [0.1, 0.15) is 33.1 Å². The molecule has 2 fully saturated rings. The van der Waals surface area contributed by atoms with E-state index < -0.39 is 26.1 Å². The van der Waals surface area contributed by atoms with Gasteiger partial charge in [-0.1, -0.05) is 13.8 Å². The highest BCUT2D eigenvalue weighted by Gasteiger charge is 2.40. The van der Waals surface area contributed by atoms with E-state index in [-0.39, 0.29) is 11.5 Å². The van der Waals surface area contributed by atoms with Crippen LogP contribution >= 0.6 is 0 Å². The zero-order valence-electron chi connectivity index (χ0n) is 12.2. The minimum absolute atomic E-state index is 0.0382. The predicted molar refractivity (Wildman–Crippen MR) is 78.3 cm³/mol. The Bertz CT molecular complexity index is 544. The lowest BCUT2D eigenvalue weighted by Crippen LogP contribution is -2.51. The van der Waals surface area contributed by atoms with E-state index in [0.29, 0.717) is 32.0 Å². The highest BCUT2D eigenvalue weighted by Crippen LogP contribution is 2.25. The van der Waals surface area contributed by atoms with Crippen LogP contribution in [0.2, 0.25) is 0 Å². The van der Waals surface area contributed by atoms with Gasteiger partial charge in [0.15, 0.2) is 9.84 Å². The highest BCUT2D eigenvalue weighted by atomic mass is 32.2. The average molecular weight is 324 g/mol. The summed E-state index contributed by atoms with van der Waals surface area (Å²) in [6.07, 6.45) is 2.34. The third-order valence-electron chi connectivity index (χ3n) is 4.17. The highest BCUT2D eigenvalue weighted by molar-refractivity contribution is 7.91. The molecule has 0 aromatic carbocycles. The van der Waals surface area contributed by atoms with Crippen molar-refractivity contribution < 1.29 is 16.8 Å². The van der Waals surface area contributed by atoms with Gasteiger partial charge in [0.25, 0.3) is 10.2 Å². The molecule has 2 heterocycles. The summed E-state index contributed by atoms with van der Waals surface area (Å²) < 4.78 is 51.5. The molecular formula is C12H24N2O4S2. The third kappa shape index (κ3) is 3.35. The molecule has 0 spiro atoms. The van der Waals surface area contributed by atoms with Crippen LogP contribution in [0.3, 0.4) is 0 Å². The molecule has 0 aromatic heterocycles. The fraction of sp³-hybridized carbons (Fsp3) is 1.00. The molecule has 2 atom stereocenters. The van der Waals surface area contributed by atoms with Crippen molar-refractivity contribution in [2.45, 2.75) is 39.2 Å². The number of nitrogens with zero attached hydrogens (tertiary/aromatic N) is 2. The van der Waals surface area contributed by atoms with E-state index in [0.717, 1.165) is 12.8 Å². The Hall–Kier alpha value is -0.180. The second-order valence-corrected chi connectivity index (χ2v) is 9.98. The van der Waals surface area contributed by atoms with Crippen molar-refractivity contribution >= 4 is 20.0 Å². The van der Waals surface area contributed by atoms with E-state index in [1.54, 1.807) is 6.92 Å². The first-order valence-electron chi connectivity index (χ1n) is 7.23. The molecule has 2 aliphatic heterocycles. The minimum Gasteiger partial charge on any atom is -0.229 e. The number of piperidine rings is 1. The van der Waals surface area contributed by atoms with Crippen LogP contribution in [0.25, 0.3) is 0 Å². The molecular weight excluding hydrogens is 300 g/mol. The monoisotopic (exact) mass is 324 g/mol. The summed E-state index contributed by atoms with van der Waals surface area (Å²) in [5.41, 5.74) is 0. The molecule has 0 amide bonds. The first-order chi connectivity index (χ1) is 9.26. The van der Waals surface area contributed by atoms with E-state index in [1.165, 1.54) is 8.61 Å². The summed E-state index contributed by atoms with van der Waals surface area (Å²) in [5.74, 6) is 0.424. The van der Waals surface area contributed by atoms with Gasteiger partial charge in [0.1, 0.15) is 0 Å². The number of rotatable bonds is 4. The molecule has 0 unspecified atom stereocenters. The maximum absolute atomic E-state index is 12.7. The van der Waals surface area contributed by atoms with Gasteiger partial charge in [-0.2, -0.15) is 17.0 Å². The smallest absolute Gasteiger partial charge is 0.229 e. The quantitative estimate of drug-likeness (QED) is 0.753. The SMILES string of the molecule is CCN([C@H]1CCS(=O)(=O)C1)S(=O)(=O)N1CCC[C@@H](C)C1. The van der Waals surface area contributed by atoms with Gasteiger partial charge < -0.3 is 0 Å². The second kappa shape index (κ2) is 5.90. The van der Waals surface area contributed by atoms with Gasteiger partial charge >= 0.3 is 0 Å². The number of hydrogen-bond acceptors (Lipinski definition) is 4. The lowest BCUT2D eigenvalue weighted by atomic mass is 10.0. The molecule has 0 saturated carbocycles. The zero-order valence-corrected chi connectivity index (χ0v) is 13.8. The van der Waals surface area contributed by atoms with Crippen molar-refractivity contribution in [1.29, 1.82) is 0 Å². The Labute approximate surface area is 122 Å². The van der Waals surface area contributed by atoms with E-state index >= 15 is 0 Å². The minimum atomic E-state index is -3.54. The van der Waals surface area contributed by atoms with Crippen LogP contribution in [0, 0.1) is 5.92 Å². The Morgan fingerprint density at radius 2 is 2.00 bits per heavy atom. The zero-order chi connectivity index (χ0) is 15.0. The molecule has 20 heavy (non-hydrogen) atoms. The lowest BCUT2D eigenvalue weighted by Gasteiger charge is -2.36. The molecule has 6 nitrogen and oxygen atoms in total. The van der Waals surface area contributed by atoms with Gasteiger partial charge in [-0.3, -0.25) is 0 Å². The van der Waals surface area contributed by atoms with Crippen LogP contribution in [0.5, 0.6) is 0 Å². The van der Waals surface area contributed by atoms with Crippen LogP contribution in [-0.4, -0.2) is 62.6 Å². The Balaban J connectivity index is 2.17. The molecule has 118 valence electrons.